The third-order valence-corrected chi connectivity index (χ3v) is 5.34. The zero-order valence-electron chi connectivity index (χ0n) is 13.7. The van der Waals surface area contributed by atoms with Gasteiger partial charge < -0.3 is 20.1 Å². The Kier molecular flexibility index (Phi) is 5.37. The number of carbonyl (C=O) groups is 1. The molecule has 24 heavy (non-hydrogen) atoms. The van der Waals surface area contributed by atoms with Crippen LogP contribution in [0.4, 0.5) is 0 Å². The lowest BCUT2D eigenvalue weighted by Gasteiger charge is -2.14. The SMILES string of the molecule is COc1cc(-c2ccc(C(=O)NCCN3CCCC3)s2)ccc1O. The number of methoxy groups -OCH3 is 1. The number of rotatable bonds is 6. The monoisotopic (exact) mass is 346 g/mol. The molecule has 0 saturated carbocycles. The Morgan fingerprint density at radius 3 is 2.83 bits per heavy atom. The fourth-order valence-corrected chi connectivity index (χ4v) is 3.79. The van der Waals surface area contributed by atoms with Gasteiger partial charge >= 0.3 is 0 Å². The summed E-state index contributed by atoms with van der Waals surface area (Å²) in [6.07, 6.45) is 2.52. The zero-order valence-corrected chi connectivity index (χ0v) is 14.6. The number of likely N-dealkylation sites (tertiary alicyclic amines) is 1. The van der Waals surface area contributed by atoms with Crippen molar-refractivity contribution >= 4 is 17.2 Å². The van der Waals surface area contributed by atoms with Crippen molar-refractivity contribution in [3.63, 3.8) is 0 Å². The Morgan fingerprint density at radius 1 is 1.29 bits per heavy atom. The van der Waals surface area contributed by atoms with Crippen molar-refractivity contribution < 1.29 is 14.6 Å². The van der Waals surface area contributed by atoms with Crippen LogP contribution in [0.2, 0.25) is 0 Å². The van der Waals surface area contributed by atoms with Crippen molar-refractivity contribution in [1.29, 1.82) is 0 Å². The summed E-state index contributed by atoms with van der Waals surface area (Å²) in [5, 5.41) is 12.7. The van der Waals surface area contributed by atoms with Gasteiger partial charge in [0.1, 0.15) is 0 Å². The smallest absolute Gasteiger partial charge is 0.261 e. The van der Waals surface area contributed by atoms with Crippen molar-refractivity contribution in [1.82, 2.24) is 10.2 Å². The molecular formula is C18H22N2O3S. The van der Waals surface area contributed by atoms with E-state index in [2.05, 4.69) is 10.2 Å². The minimum Gasteiger partial charge on any atom is -0.504 e. The molecule has 5 nitrogen and oxygen atoms in total. The number of hydrogen-bond donors (Lipinski definition) is 2. The van der Waals surface area contributed by atoms with Gasteiger partial charge in [-0.2, -0.15) is 0 Å². The molecule has 0 aliphatic carbocycles. The molecule has 0 bridgehead atoms. The molecule has 0 atom stereocenters. The fourth-order valence-electron chi connectivity index (χ4n) is 2.87. The molecule has 0 unspecified atom stereocenters. The summed E-state index contributed by atoms with van der Waals surface area (Å²) in [5.74, 6) is 0.506. The van der Waals surface area contributed by atoms with E-state index in [9.17, 15) is 9.90 Å². The molecule has 0 radical (unpaired) electrons. The predicted molar refractivity (Wildman–Crippen MR) is 96.0 cm³/mol. The quantitative estimate of drug-likeness (QED) is 0.844. The number of benzene rings is 1. The number of phenolic OH excluding ortho intramolecular Hbond substituents is 1. The van der Waals surface area contributed by atoms with Gasteiger partial charge in [0.25, 0.3) is 5.91 Å². The summed E-state index contributed by atoms with van der Waals surface area (Å²) < 4.78 is 5.13. The van der Waals surface area contributed by atoms with E-state index >= 15 is 0 Å². The number of nitrogens with zero attached hydrogens (tertiary/aromatic N) is 1. The Bertz CT molecular complexity index is 708. The van der Waals surface area contributed by atoms with Crippen molar-refractivity contribution in [2.75, 3.05) is 33.3 Å². The molecule has 128 valence electrons. The van der Waals surface area contributed by atoms with Gasteiger partial charge in [-0.25, -0.2) is 0 Å². The van der Waals surface area contributed by atoms with E-state index in [4.69, 9.17) is 4.74 Å². The van der Waals surface area contributed by atoms with E-state index in [-0.39, 0.29) is 11.7 Å². The summed E-state index contributed by atoms with van der Waals surface area (Å²) >= 11 is 1.44. The summed E-state index contributed by atoms with van der Waals surface area (Å²) in [6, 6.07) is 8.95. The first kappa shape index (κ1) is 16.8. The summed E-state index contributed by atoms with van der Waals surface area (Å²) in [7, 11) is 1.52. The van der Waals surface area contributed by atoms with Gasteiger partial charge in [0.05, 0.1) is 12.0 Å². The van der Waals surface area contributed by atoms with Crippen LogP contribution in [-0.4, -0.2) is 49.2 Å². The van der Waals surface area contributed by atoms with E-state index in [1.807, 2.05) is 18.2 Å². The topological polar surface area (TPSA) is 61.8 Å². The number of amides is 1. The summed E-state index contributed by atoms with van der Waals surface area (Å²) in [4.78, 5) is 16.3. The molecule has 1 saturated heterocycles. The van der Waals surface area contributed by atoms with E-state index in [1.165, 1.54) is 31.3 Å². The van der Waals surface area contributed by atoms with Crippen LogP contribution in [0.3, 0.4) is 0 Å². The van der Waals surface area contributed by atoms with Crippen LogP contribution in [0, 0.1) is 0 Å². The molecule has 1 aromatic carbocycles. The highest BCUT2D eigenvalue weighted by molar-refractivity contribution is 7.17. The molecule has 1 aromatic heterocycles. The highest BCUT2D eigenvalue weighted by atomic mass is 32.1. The molecule has 3 rings (SSSR count). The molecule has 1 aliphatic rings. The maximum atomic E-state index is 12.3. The normalized spacial score (nSPS) is 14.7. The number of aromatic hydroxyl groups is 1. The second-order valence-electron chi connectivity index (χ2n) is 5.86. The maximum absolute atomic E-state index is 12.3. The number of carbonyl (C=O) groups excluding carboxylic acids is 1. The van der Waals surface area contributed by atoms with Crippen molar-refractivity contribution in [3.8, 4) is 21.9 Å². The molecule has 1 aliphatic heterocycles. The van der Waals surface area contributed by atoms with Crippen LogP contribution in [0.15, 0.2) is 30.3 Å². The van der Waals surface area contributed by atoms with Gasteiger partial charge in [0.15, 0.2) is 11.5 Å². The highest BCUT2D eigenvalue weighted by Gasteiger charge is 2.14. The second kappa shape index (κ2) is 7.68. The first-order chi connectivity index (χ1) is 11.7. The first-order valence-corrected chi connectivity index (χ1v) is 8.97. The Balaban J connectivity index is 1.61. The van der Waals surface area contributed by atoms with Crippen molar-refractivity contribution in [2.24, 2.45) is 0 Å². The Morgan fingerprint density at radius 2 is 2.08 bits per heavy atom. The number of hydrogen-bond acceptors (Lipinski definition) is 5. The Labute approximate surface area is 145 Å². The zero-order chi connectivity index (χ0) is 16.9. The van der Waals surface area contributed by atoms with Crippen LogP contribution in [0.5, 0.6) is 11.5 Å². The summed E-state index contributed by atoms with van der Waals surface area (Å²) in [6.45, 7) is 3.88. The third-order valence-electron chi connectivity index (χ3n) is 4.21. The van der Waals surface area contributed by atoms with Gasteiger partial charge in [-0.3, -0.25) is 4.79 Å². The molecule has 1 amide bonds. The lowest BCUT2D eigenvalue weighted by atomic mass is 10.1. The predicted octanol–water partition coefficient (Wildman–Crippen LogP) is 2.95. The van der Waals surface area contributed by atoms with E-state index < -0.39 is 0 Å². The standard InChI is InChI=1S/C18H22N2O3S/c1-23-15-12-13(4-5-14(15)21)16-6-7-17(24-16)18(22)19-8-11-20-9-2-3-10-20/h4-7,12,21H,2-3,8-11H2,1H3,(H,19,22). The Hall–Kier alpha value is -2.05. The largest absolute Gasteiger partial charge is 0.504 e. The molecular weight excluding hydrogens is 324 g/mol. The fraction of sp³-hybridized carbons (Fsp3) is 0.389. The number of nitrogens with one attached hydrogen (secondary N) is 1. The van der Waals surface area contributed by atoms with Gasteiger partial charge in [0, 0.05) is 18.0 Å². The van der Waals surface area contributed by atoms with Crippen LogP contribution < -0.4 is 10.1 Å². The maximum Gasteiger partial charge on any atom is 0.261 e. The van der Waals surface area contributed by atoms with Gasteiger partial charge in [-0.15, -0.1) is 11.3 Å². The van der Waals surface area contributed by atoms with Gasteiger partial charge in [0.2, 0.25) is 0 Å². The van der Waals surface area contributed by atoms with Gasteiger partial charge in [-0.1, -0.05) is 0 Å². The van der Waals surface area contributed by atoms with Crippen LogP contribution in [-0.2, 0) is 0 Å². The molecule has 2 aromatic rings. The van der Waals surface area contributed by atoms with Crippen molar-refractivity contribution in [3.05, 3.63) is 35.2 Å². The first-order valence-electron chi connectivity index (χ1n) is 8.15. The van der Waals surface area contributed by atoms with Crippen LogP contribution >= 0.6 is 11.3 Å². The minimum atomic E-state index is -0.0313. The molecule has 2 N–H and O–H groups in total. The third kappa shape index (κ3) is 3.88. The van der Waals surface area contributed by atoms with E-state index in [0.29, 0.717) is 17.2 Å². The average molecular weight is 346 g/mol. The number of thiophene rings is 1. The molecule has 6 heteroatoms. The lowest BCUT2D eigenvalue weighted by molar-refractivity contribution is 0.0954. The van der Waals surface area contributed by atoms with Crippen LogP contribution in [0.25, 0.3) is 10.4 Å². The molecule has 0 spiro atoms. The lowest BCUT2D eigenvalue weighted by Crippen LogP contribution is -2.33. The average Bonchev–Trinajstić information content (AvgIpc) is 3.27. The van der Waals surface area contributed by atoms with Gasteiger partial charge in [-0.05, 0) is 61.8 Å². The van der Waals surface area contributed by atoms with Crippen molar-refractivity contribution in [2.45, 2.75) is 12.8 Å². The van der Waals surface area contributed by atoms with E-state index in [1.54, 1.807) is 12.1 Å². The van der Waals surface area contributed by atoms with E-state index in [0.717, 1.165) is 30.1 Å². The molecule has 1 fully saturated rings. The number of ether oxygens (including phenoxy) is 1. The minimum absolute atomic E-state index is 0.0313. The van der Waals surface area contributed by atoms with Crippen LogP contribution in [0.1, 0.15) is 22.5 Å². The second-order valence-corrected chi connectivity index (χ2v) is 6.94. The molecule has 2 heterocycles. The highest BCUT2D eigenvalue weighted by Crippen LogP contribution is 2.34. The number of phenols is 1. The summed E-state index contributed by atoms with van der Waals surface area (Å²) in [5.41, 5.74) is 0.922.